The van der Waals surface area contributed by atoms with E-state index in [1.807, 2.05) is 30.3 Å². The number of rotatable bonds is 5. The average Bonchev–Trinajstić information content (AvgIpc) is 2.84. The van der Waals surface area contributed by atoms with Crippen LogP contribution in [0.4, 0.5) is 4.39 Å². The minimum absolute atomic E-state index is 0.0232. The molecule has 0 spiro atoms. The Morgan fingerprint density at radius 3 is 2.19 bits per heavy atom. The molecule has 0 saturated carbocycles. The van der Waals surface area contributed by atoms with Gasteiger partial charge in [-0.2, -0.15) is 5.10 Å². The molecular weight excluding hydrogens is 401 g/mol. The molecule has 3 aromatic carbocycles. The normalized spacial score (nSPS) is 15.3. The number of hydrogen-bond donors (Lipinski definition) is 0. The van der Waals surface area contributed by atoms with Gasteiger partial charge in [0.25, 0.3) is 5.56 Å². The Balaban J connectivity index is 1.41. The number of benzene rings is 3. The van der Waals surface area contributed by atoms with Gasteiger partial charge in [0.05, 0.1) is 17.1 Å². The van der Waals surface area contributed by atoms with Gasteiger partial charge in [-0.1, -0.05) is 60.7 Å². The van der Waals surface area contributed by atoms with Crippen molar-refractivity contribution in [1.82, 2.24) is 14.7 Å². The van der Waals surface area contributed by atoms with E-state index in [0.717, 1.165) is 49.1 Å². The first kappa shape index (κ1) is 20.6. The second-order valence-corrected chi connectivity index (χ2v) is 8.54. The lowest BCUT2D eigenvalue weighted by Gasteiger charge is -2.32. The first-order valence-corrected chi connectivity index (χ1v) is 11.2. The Morgan fingerprint density at radius 1 is 0.812 bits per heavy atom. The first-order valence-electron chi connectivity index (χ1n) is 11.2. The minimum Gasteiger partial charge on any atom is -0.299 e. The predicted octanol–water partition coefficient (Wildman–Crippen LogP) is 4.96. The summed E-state index contributed by atoms with van der Waals surface area (Å²) in [5, 5.41) is 6.42. The highest BCUT2D eigenvalue weighted by atomic mass is 19.1. The maximum absolute atomic E-state index is 13.3. The topological polar surface area (TPSA) is 38.1 Å². The molecule has 2 heterocycles. The van der Waals surface area contributed by atoms with Gasteiger partial charge in [0.1, 0.15) is 5.82 Å². The fourth-order valence-electron chi connectivity index (χ4n) is 4.61. The summed E-state index contributed by atoms with van der Waals surface area (Å²) in [4.78, 5) is 15.7. The van der Waals surface area contributed by atoms with Crippen LogP contribution >= 0.6 is 0 Å². The second kappa shape index (κ2) is 9.05. The van der Waals surface area contributed by atoms with E-state index >= 15 is 0 Å². The molecule has 0 unspecified atom stereocenters. The summed E-state index contributed by atoms with van der Waals surface area (Å²) in [5.74, 6) is -0.251. The largest absolute Gasteiger partial charge is 0.299 e. The fraction of sp³-hybridized carbons (Fsp3) is 0.259. The summed E-state index contributed by atoms with van der Waals surface area (Å²) in [6.07, 6.45) is 2.36. The Morgan fingerprint density at radius 2 is 1.47 bits per heavy atom. The Bertz CT molecular complexity index is 1260. The van der Waals surface area contributed by atoms with E-state index in [9.17, 15) is 9.18 Å². The summed E-state index contributed by atoms with van der Waals surface area (Å²) in [5.41, 5.74) is 3.13. The molecule has 5 heteroatoms. The lowest BCUT2D eigenvalue weighted by Crippen LogP contribution is -2.38. The lowest BCUT2D eigenvalue weighted by molar-refractivity contribution is 0.170. The number of nitrogens with zero attached hydrogens (tertiary/aromatic N) is 3. The molecule has 1 aliphatic rings. The van der Waals surface area contributed by atoms with Gasteiger partial charge in [-0.05, 0) is 42.2 Å². The molecule has 0 amide bonds. The van der Waals surface area contributed by atoms with Gasteiger partial charge in [-0.25, -0.2) is 9.07 Å². The molecule has 32 heavy (non-hydrogen) atoms. The molecule has 0 atom stereocenters. The summed E-state index contributed by atoms with van der Waals surface area (Å²) < 4.78 is 15.1. The van der Waals surface area contributed by atoms with Crippen molar-refractivity contribution in [2.45, 2.75) is 31.8 Å². The van der Waals surface area contributed by atoms with Gasteiger partial charge in [-0.3, -0.25) is 9.69 Å². The Kier molecular flexibility index (Phi) is 5.82. The molecule has 1 fully saturated rings. The lowest BCUT2D eigenvalue weighted by atomic mass is 10.0. The van der Waals surface area contributed by atoms with E-state index < -0.39 is 0 Å². The third-order valence-corrected chi connectivity index (χ3v) is 6.34. The van der Waals surface area contributed by atoms with Crippen LogP contribution in [0, 0.1) is 5.82 Å². The van der Waals surface area contributed by atoms with E-state index in [-0.39, 0.29) is 17.4 Å². The molecular formula is C27H26FN3O. The highest BCUT2D eigenvalue weighted by Gasteiger charge is 2.24. The van der Waals surface area contributed by atoms with Crippen LogP contribution in [0.25, 0.3) is 10.8 Å². The van der Waals surface area contributed by atoms with Crippen molar-refractivity contribution in [1.29, 1.82) is 0 Å². The molecule has 5 rings (SSSR count). The minimum atomic E-state index is -0.251. The third kappa shape index (κ3) is 4.34. The molecule has 0 N–H and O–H groups in total. The van der Waals surface area contributed by atoms with Crippen molar-refractivity contribution >= 4 is 10.8 Å². The second-order valence-electron chi connectivity index (χ2n) is 8.54. The fourth-order valence-corrected chi connectivity index (χ4v) is 4.61. The third-order valence-electron chi connectivity index (χ3n) is 6.34. The SMILES string of the molecule is O=c1c2ccccc2c(Cc2ccc(F)cc2)nn1C1CCN(Cc2ccccc2)CC1. The maximum Gasteiger partial charge on any atom is 0.274 e. The number of halogens is 1. The van der Waals surface area contributed by atoms with E-state index in [2.05, 4.69) is 29.2 Å². The number of piperidine rings is 1. The van der Waals surface area contributed by atoms with Crippen molar-refractivity contribution in [3.63, 3.8) is 0 Å². The van der Waals surface area contributed by atoms with Crippen LogP contribution in [0.2, 0.25) is 0 Å². The number of aromatic nitrogens is 2. The van der Waals surface area contributed by atoms with Crippen LogP contribution in [0.5, 0.6) is 0 Å². The van der Waals surface area contributed by atoms with Gasteiger partial charge in [0.2, 0.25) is 0 Å². The molecule has 0 bridgehead atoms. The van der Waals surface area contributed by atoms with Gasteiger partial charge >= 0.3 is 0 Å². The summed E-state index contributed by atoms with van der Waals surface area (Å²) >= 11 is 0. The molecule has 4 nitrogen and oxygen atoms in total. The molecule has 1 aromatic heterocycles. The number of likely N-dealkylation sites (tertiary alicyclic amines) is 1. The molecule has 1 aliphatic heterocycles. The van der Waals surface area contributed by atoms with Crippen molar-refractivity contribution in [3.05, 3.63) is 112 Å². The van der Waals surface area contributed by atoms with Gasteiger partial charge in [0, 0.05) is 31.4 Å². The number of hydrogen-bond acceptors (Lipinski definition) is 3. The quantitative estimate of drug-likeness (QED) is 0.452. The van der Waals surface area contributed by atoms with Gasteiger partial charge < -0.3 is 0 Å². The van der Waals surface area contributed by atoms with E-state index in [0.29, 0.717) is 11.8 Å². The average molecular weight is 428 g/mol. The van der Waals surface area contributed by atoms with Gasteiger partial charge in [0.15, 0.2) is 0 Å². The first-order chi connectivity index (χ1) is 15.7. The molecule has 1 saturated heterocycles. The van der Waals surface area contributed by atoms with Gasteiger partial charge in [-0.15, -0.1) is 0 Å². The van der Waals surface area contributed by atoms with Crippen LogP contribution in [-0.2, 0) is 13.0 Å². The van der Waals surface area contributed by atoms with Crippen LogP contribution < -0.4 is 5.56 Å². The molecule has 0 radical (unpaired) electrons. The van der Waals surface area contributed by atoms with E-state index in [1.54, 1.807) is 16.8 Å². The highest BCUT2D eigenvalue weighted by Crippen LogP contribution is 2.24. The Hall–Kier alpha value is -3.31. The summed E-state index contributed by atoms with van der Waals surface area (Å²) in [7, 11) is 0. The zero-order chi connectivity index (χ0) is 21.9. The summed E-state index contributed by atoms with van der Waals surface area (Å²) in [6.45, 7) is 2.81. The molecule has 162 valence electrons. The zero-order valence-electron chi connectivity index (χ0n) is 18.0. The van der Waals surface area contributed by atoms with Crippen LogP contribution in [0.1, 0.15) is 35.7 Å². The van der Waals surface area contributed by atoms with E-state index in [1.165, 1.54) is 17.7 Å². The van der Waals surface area contributed by atoms with Crippen molar-refractivity contribution in [3.8, 4) is 0 Å². The number of fused-ring (bicyclic) bond motifs is 1. The summed E-state index contributed by atoms with van der Waals surface area (Å²) in [6, 6.07) is 24.8. The van der Waals surface area contributed by atoms with Crippen molar-refractivity contribution in [2.75, 3.05) is 13.1 Å². The van der Waals surface area contributed by atoms with Crippen LogP contribution in [-0.4, -0.2) is 27.8 Å². The van der Waals surface area contributed by atoms with Crippen LogP contribution in [0.15, 0.2) is 83.7 Å². The monoisotopic (exact) mass is 427 g/mol. The van der Waals surface area contributed by atoms with Crippen molar-refractivity contribution < 1.29 is 4.39 Å². The predicted molar refractivity (Wildman–Crippen MR) is 125 cm³/mol. The smallest absolute Gasteiger partial charge is 0.274 e. The van der Waals surface area contributed by atoms with Crippen LogP contribution in [0.3, 0.4) is 0 Å². The van der Waals surface area contributed by atoms with Crippen molar-refractivity contribution in [2.24, 2.45) is 0 Å². The molecule has 4 aromatic rings. The zero-order valence-corrected chi connectivity index (χ0v) is 18.0. The Labute approximate surface area is 186 Å². The molecule has 0 aliphatic carbocycles. The highest BCUT2D eigenvalue weighted by molar-refractivity contribution is 5.83. The standard InChI is InChI=1S/C27H26FN3O/c28-22-12-10-20(11-13-22)18-26-24-8-4-5-9-25(24)27(32)31(29-26)23-14-16-30(17-15-23)19-21-6-2-1-3-7-21/h1-13,23H,14-19H2. The van der Waals surface area contributed by atoms with E-state index in [4.69, 9.17) is 5.10 Å². The maximum atomic E-state index is 13.3.